The van der Waals surface area contributed by atoms with Gasteiger partial charge in [0.15, 0.2) is 0 Å². The normalized spacial score (nSPS) is 13.6. The van der Waals surface area contributed by atoms with Crippen LogP contribution in [-0.4, -0.2) is 36.2 Å². The van der Waals surface area contributed by atoms with Gasteiger partial charge in [0.25, 0.3) is 5.91 Å². The first-order chi connectivity index (χ1) is 17.2. The van der Waals surface area contributed by atoms with Crippen LogP contribution < -0.4 is 9.64 Å². The molecule has 2 aromatic carbocycles. The Kier molecular flexibility index (Phi) is 6.84. The predicted molar refractivity (Wildman–Crippen MR) is 133 cm³/mol. The van der Waals surface area contributed by atoms with Gasteiger partial charge in [-0.05, 0) is 55.7 Å². The summed E-state index contributed by atoms with van der Waals surface area (Å²) in [5.41, 5.74) is 3.21. The first-order valence-electron chi connectivity index (χ1n) is 12.0. The molecule has 2 aromatic heterocycles. The smallest absolute Gasteiger partial charge is 0.254 e. The lowest BCUT2D eigenvalue weighted by molar-refractivity contribution is 0.0718. The average Bonchev–Trinajstić information content (AvgIpc) is 3.59. The first kappa shape index (κ1) is 22.8. The van der Waals surface area contributed by atoms with E-state index in [1.54, 1.807) is 42.5 Å². The topological polar surface area (TPSA) is 72.0 Å². The van der Waals surface area contributed by atoms with E-state index < -0.39 is 0 Å². The summed E-state index contributed by atoms with van der Waals surface area (Å²) < 4.78 is 16.8. The summed E-state index contributed by atoms with van der Waals surface area (Å²) in [7, 11) is 1.61. The lowest BCUT2D eigenvalue weighted by Crippen LogP contribution is -2.33. The van der Waals surface area contributed by atoms with Crippen molar-refractivity contribution < 1.29 is 18.5 Å². The number of amides is 1. The maximum atomic E-state index is 13.7. The molecule has 7 nitrogen and oxygen atoms in total. The molecule has 0 spiro atoms. The quantitative estimate of drug-likeness (QED) is 0.325. The Labute approximate surface area is 204 Å². The van der Waals surface area contributed by atoms with Crippen molar-refractivity contribution in [3.63, 3.8) is 0 Å². The Morgan fingerprint density at radius 3 is 2.43 bits per heavy atom. The molecule has 5 rings (SSSR count). The second-order valence-electron chi connectivity index (χ2n) is 8.70. The highest BCUT2D eigenvalue weighted by Crippen LogP contribution is 2.34. The molecule has 1 fully saturated rings. The van der Waals surface area contributed by atoms with E-state index >= 15 is 0 Å². The van der Waals surface area contributed by atoms with Crippen LogP contribution in [0.25, 0.3) is 11.3 Å². The molecule has 0 N–H and O–H groups in total. The van der Waals surface area contributed by atoms with Gasteiger partial charge in [-0.2, -0.15) is 0 Å². The van der Waals surface area contributed by atoms with Gasteiger partial charge in [0.05, 0.1) is 32.0 Å². The molecule has 0 saturated carbocycles. The average molecular weight is 472 g/mol. The lowest BCUT2D eigenvalue weighted by Gasteiger charge is -2.28. The Balaban J connectivity index is 1.53. The van der Waals surface area contributed by atoms with Crippen molar-refractivity contribution in [1.29, 1.82) is 0 Å². The van der Waals surface area contributed by atoms with Crippen LogP contribution in [0.2, 0.25) is 0 Å². The predicted octanol–water partition coefficient (Wildman–Crippen LogP) is 5.78. The van der Waals surface area contributed by atoms with Crippen LogP contribution in [0.15, 0.2) is 81.9 Å². The van der Waals surface area contributed by atoms with Gasteiger partial charge in [-0.25, -0.2) is 0 Å². The van der Waals surface area contributed by atoms with Gasteiger partial charge in [-0.3, -0.25) is 4.79 Å². The third kappa shape index (κ3) is 5.09. The minimum absolute atomic E-state index is 0.103. The standard InChI is InChI=1S/C28H29N3O4/c1-33-23-14-12-22(13-15-23)27(32)31(19-24-11-8-18-34-24)20-25-26(21-9-4-2-5-10-21)29-35-28(25)30-16-6-3-7-17-30/h2,4-5,8-15,18H,3,6-7,16-17,19-20H2,1H3. The number of piperidine rings is 1. The second kappa shape index (κ2) is 10.5. The van der Waals surface area contributed by atoms with E-state index in [0.29, 0.717) is 30.2 Å². The van der Waals surface area contributed by atoms with Crippen LogP contribution in [0.5, 0.6) is 5.75 Å². The highest BCUT2D eigenvalue weighted by Gasteiger charge is 2.28. The molecular formula is C28H29N3O4. The summed E-state index contributed by atoms with van der Waals surface area (Å²) in [5.74, 6) is 2.06. The van der Waals surface area contributed by atoms with Crippen molar-refractivity contribution in [3.8, 4) is 17.0 Å². The molecule has 7 heteroatoms. The summed E-state index contributed by atoms with van der Waals surface area (Å²) in [5, 5.41) is 4.47. The molecule has 1 saturated heterocycles. The van der Waals surface area contributed by atoms with E-state index in [9.17, 15) is 4.79 Å². The first-order valence-corrected chi connectivity index (χ1v) is 12.0. The van der Waals surface area contributed by atoms with Crippen molar-refractivity contribution in [2.24, 2.45) is 0 Å². The summed E-state index contributed by atoms with van der Waals surface area (Å²) in [4.78, 5) is 17.7. The van der Waals surface area contributed by atoms with Crippen LogP contribution in [0.3, 0.4) is 0 Å². The highest BCUT2D eigenvalue weighted by molar-refractivity contribution is 5.94. The molecule has 4 aromatic rings. The van der Waals surface area contributed by atoms with Crippen LogP contribution in [-0.2, 0) is 13.1 Å². The Bertz CT molecular complexity index is 1230. The molecule has 3 heterocycles. The van der Waals surface area contributed by atoms with Gasteiger partial charge < -0.3 is 23.5 Å². The third-order valence-electron chi connectivity index (χ3n) is 6.36. The van der Waals surface area contributed by atoms with Crippen molar-refractivity contribution in [3.05, 3.63) is 89.9 Å². The lowest BCUT2D eigenvalue weighted by atomic mass is 10.0. The van der Waals surface area contributed by atoms with Crippen LogP contribution >= 0.6 is 0 Å². The number of nitrogens with zero attached hydrogens (tertiary/aromatic N) is 3. The third-order valence-corrected chi connectivity index (χ3v) is 6.36. The Hall–Kier alpha value is -4.00. The number of rotatable bonds is 8. The van der Waals surface area contributed by atoms with Gasteiger partial charge in [0, 0.05) is 24.2 Å². The number of hydrogen-bond donors (Lipinski definition) is 0. The minimum Gasteiger partial charge on any atom is -0.497 e. The molecular weight excluding hydrogens is 442 g/mol. The minimum atomic E-state index is -0.103. The van der Waals surface area contributed by atoms with E-state index in [2.05, 4.69) is 10.1 Å². The van der Waals surface area contributed by atoms with E-state index in [0.717, 1.165) is 48.6 Å². The summed E-state index contributed by atoms with van der Waals surface area (Å²) in [6.45, 7) is 2.50. The zero-order chi connectivity index (χ0) is 24.0. The van der Waals surface area contributed by atoms with Crippen molar-refractivity contribution in [2.75, 3.05) is 25.1 Å². The summed E-state index contributed by atoms with van der Waals surface area (Å²) in [6, 6.07) is 20.9. The van der Waals surface area contributed by atoms with E-state index in [-0.39, 0.29) is 5.91 Å². The fourth-order valence-electron chi connectivity index (χ4n) is 4.51. The molecule has 180 valence electrons. The second-order valence-corrected chi connectivity index (χ2v) is 8.70. The van der Waals surface area contributed by atoms with Crippen LogP contribution in [0.4, 0.5) is 5.88 Å². The maximum Gasteiger partial charge on any atom is 0.254 e. The maximum absolute atomic E-state index is 13.7. The number of benzene rings is 2. The van der Waals surface area contributed by atoms with E-state index in [4.69, 9.17) is 13.7 Å². The van der Waals surface area contributed by atoms with Crippen LogP contribution in [0.1, 0.15) is 40.9 Å². The fourth-order valence-corrected chi connectivity index (χ4v) is 4.51. The molecule has 0 radical (unpaired) electrons. The van der Waals surface area contributed by atoms with E-state index in [1.807, 2.05) is 42.5 Å². The van der Waals surface area contributed by atoms with Crippen molar-refractivity contribution in [2.45, 2.75) is 32.4 Å². The molecule has 1 aliphatic rings. The van der Waals surface area contributed by atoms with Gasteiger partial charge in [0.2, 0.25) is 5.88 Å². The number of ether oxygens (including phenoxy) is 1. The van der Waals surface area contributed by atoms with Crippen molar-refractivity contribution >= 4 is 11.8 Å². The fraction of sp³-hybridized carbons (Fsp3) is 0.286. The van der Waals surface area contributed by atoms with E-state index in [1.165, 1.54) is 6.42 Å². The molecule has 0 aliphatic carbocycles. The number of carbonyl (C=O) groups is 1. The molecule has 0 atom stereocenters. The summed E-state index contributed by atoms with van der Waals surface area (Å²) in [6.07, 6.45) is 5.06. The van der Waals surface area contributed by atoms with Gasteiger partial charge >= 0.3 is 0 Å². The molecule has 0 bridgehead atoms. The van der Waals surface area contributed by atoms with Gasteiger partial charge in [-0.15, -0.1) is 0 Å². The number of methoxy groups -OCH3 is 1. The monoisotopic (exact) mass is 471 g/mol. The number of carbonyl (C=O) groups excluding carboxylic acids is 1. The van der Waals surface area contributed by atoms with Gasteiger partial charge in [0.1, 0.15) is 17.2 Å². The summed E-state index contributed by atoms with van der Waals surface area (Å²) >= 11 is 0. The molecule has 1 aliphatic heterocycles. The number of furan rings is 1. The molecule has 35 heavy (non-hydrogen) atoms. The Morgan fingerprint density at radius 1 is 0.971 bits per heavy atom. The Morgan fingerprint density at radius 2 is 1.74 bits per heavy atom. The molecule has 1 amide bonds. The van der Waals surface area contributed by atoms with Crippen LogP contribution in [0, 0.1) is 0 Å². The number of hydrogen-bond acceptors (Lipinski definition) is 6. The zero-order valence-electron chi connectivity index (χ0n) is 19.9. The largest absolute Gasteiger partial charge is 0.497 e. The van der Waals surface area contributed by atoms with Crippen molar-refractivity contribution in [1.82, 2.24) is 10.1 Å². The number of anilines is 1. The zero-order valence-corrected chi connectivity index (χ0v) is 19.9. The van der Waals surface area contributed by atoms with Gasteiger partial charge in [-0.1, -0.05) is 35.5 Å². The SMILES string of the molecule is COc1ccc(C(=O)N(Cc2ccco2)Cc2c(-c3ccccc3)noc2N2CCCCC2)cc1. The highest BCUT2D eigenvalue weighted by atomic mass is 16.5. The number of aromatic nitrogens is 1. The molecule has 0 unspecified atom stereocenters.